The van der Waals surface area contributed by atoms with Crippen LogP contribution in [0.4, 0.5) is 4.79 Å². The monoisotopic (exact) mass is 804 g/mol. The molecule has 1 aromatic carbocycles. The van der Waals surface area contributed by atoms with E-state index in [0.717, 1.165) is 6.42 Å². The Bertz CT molecular complexity index is 1430. The number of nitrogens with one attached hydrogen (secondary N) is 2. The lowest BCUT2D eigenvalue weighted by Gasteiger charge is -2.41. The van der Waals surface area contributed by atoms with Gasteiger partial charge in [0.25, 0.3) is 0 Å². The van der Waals surface area contributed by atoms with Crippen molar-refractivity contribution in [3.63, 3.8) is 0 Å². The SMILES string of the molecule is CCCOC(=O)N(C)[C@H](C(=O)N[C@H](C(=O)N(C)[C@@H]([C@@H](C)CC)[C@@H](CC(=O)N1CCC[C@@H]1[C@H](OC)[C@@H](C)C(=O)N[C@H](C)[C@@H](O)c1ccccc1)OC)C(C)C)C(C)C. The Morgan fingerprint density at radius 2 is 1.51 bits per heavy atom. The van der Waals surface area contributed by atoms with E-state index in [1.54, 1.807) is 37.8 Å². The van der Waals surface area contributed by atoms with Crippen LogP contribution >= 0.6 is 0 Å². The van der Waals surface area contributed by atoms with Crippen molar-refractivity contribution in [1.29, 1.82) is 0 Å². The minimum Gasteiger partial charge on any atom is -0.449 e. The smallest absolute Gasteiger partial charge is 0.410 e. The zero-order valence-corrected chi connectivity index (χ0v) is 36.8. The maximum atomic E-state index is 14.4. The Morgan fingerprint density at radius 3 is 2.04 bits per heavy atom. The summed E-state index contributed by atoms with van der Waals surface area (Å²) in [7, 11) is 6.28. The summed E-state index contributed by atoms with van der Waals surface area (Å²) >= 11 is 0. The number of ether oxygens (including phenoxy) is 3. The van der Waals surface area contributed by atoms with Crippen LogP contribution in [0.3, 0.4) is 0 Å². The van der Waals surface area contributed by atoms with E-state index in [1.165, 1.54) is 19.1 Å². The first-order valence-corrected chi connectivity index (χ1v) is 20.7. The van der Waals surface area contributed by atoms with Gasteiger partial charge in [-0.1, -0.05) is 92.1 Å². The van der Waals surface area contributed by atoms with Crippen molar-refractivity contribution in [3.05, 3.63) is 35.9 Å². The van der Waals surface area contributed by atoms with Crippen molar-refractivity contribution in [2.75, 3.05) is 41.5 Å². The zero-order chi connectivity index (χ0) is 43.1. The molecule has 0 spiro atoms. The second kappa shape index (κ2) is 23.6. The highest BCUT2D eigenvalue weighted by Crippen LogP contribution is 2.30. The molecule has 2 rings (SSSR count). The van der Waals surface area contributed by atoms with Crippen LogP contribution in [0.1, 0.15) is 106 Å². The molecule has 14 heteroatoms. The molecule has 0 aliphatic carbocycles. The van der Waals surface area contributed by atoms with Gasteiger partial charge in [-0.2, -0.15) is 0 Å². The summed E-state index contributed by atoms with van der Waals surface area (Å²) < 4.78 is 17.2. The average Bonchev–Trinajstić information content (AvgIpc) is 3.67. The van der Waals surface area contributed by atoms with E-state index >= 15 is 0 Å². The van der Waals surface area contributed by atoms with Crippen molar-refractivity contribution < 1.29 is 43.3 Å². The van der Waals surface area contributed by atoms with Gasteiger partial charge in [0.05, 0.1) is 55.4 Å². The summed E-state index contributed by atoms with van der Waals surface area (Å²) in [6.45, 7) is 17.5. The second-order valence-corrected chi connectivity index (χ2v) is 16.4. The first-order valence-electron chi connectivity index (χ1n) is 20.7. The van der Waals surface area contributed by atoms with Crippen molar-refractivity contribution in [2.24, 2.45) is 23.7 Å². The van der Waals surface area contributed by atoms with E-state index in [1.807, 2.05) is 78.8 Å². The Morgan fingerprint density at radius 1 is 0.877 bits per heavy atom. The van der Waals surface area contributed by atoms with Gasteiger partial charge in [-0.15, -0.1) is 0 Å². The van der Waals surface area contributed by atoms with Crippen molar-refractivity contribution in [3.8, 4) is 0 Å². The summed E-state index contributed by atoms with van der Waals surface area (Å²) in [6.07, 6.45) is -0.0949. The summed E-state index contributed by atoms with van der Waals surface area (Å²) in [5.41, 5.74) is 0.697. The van der Waals surface area contributed by atoms with E-state index < -0.39 is 60.4 Å². The van der Waals surface area contributed by atoms with Gasteiger partial charge in [0.2, 0.25) is 23.6 Å². The molecule has 10 atom stereocenters. The van der Waals surface area contributed by atoms with Crippen molar-refractivity contribution in [1.82, 2.24) is 25.3 Å². The third kappa shape index (κ3) is 13.1. The number of methoxy groups -OCH3 is 2. The molecule has 1 aliphatic rings. The van der Waals surface area contributed by atoms with Crippen LogP contribution < -0.4 is 10.6 Å². The van der Waals surface area contributed by atoms with Crippen LogP contribution in [-0.4, -0.2) is 133 Å². The normalized spacial score (nSPS) is 19.1. The largest absolute Gasteiger partial charge is 0.449 e. The summed E-state index contributed by atoms with van der Waals surface area (Å²) in [6, 6.07) is 5.90. The standard InChI is InChI=1S/C43H73N5O9/c1-14-24-57-43(54)47(11)36(27(5)6)41(52)45-35(26(3)4)42(53)46(10)37(28(7)15-2)33(55-12)25-34(49)48-23-19-22-32(48)39(56-13)29(8)40(51)44-30(9)38(50)31-20-17-16-18-21-31/h16-18,20-21,26-30,32-33,35-39,50H,14-15,19,22-25H2,1-13H3,(H,44,51)(H,45,52)/t28-,29+,30+,32+,33+,35-,36-,37-,38+,39+/m0/s1. The number of aliphatic hydroxyl groups is 1. The molecular formula is C43H73N5O9. The minimum atomic E-state index is -0.918. The molecular weight excluding hydrogens is 730 g/mol. The molecule has 57 heavy (non-hydrogen) atoms. The summed E-state index contributed by atoms with van der Waals surface area (Å²) in [4.78, 5) is 73.3. The Balaban J connectivity index is 2.27. The molecule has 324 valence electrons. The van der Waals surface area contributed by atoms with Crippen LogP contribution in [0.25, 0.3) is 0 Å². The zero-order valence-electron chi connectivity index (χ0n) is 36.8. The van der Waals surface area contributed by atoms with Gasteiger partial charge in [0.1, 0.15) is 12.1 Å². The number of nitrogens with zero attached hydrogens (tertiary/aromatic N) is 3. The molecule has 5 amide bonds. The number of carbonyl (C=O) groups excluding carboxylic acids is 5. The number of amides is 5. The number of aliphatic hydroxyl groups excluding tert-OH is 1. The predicted molar refractivity (Wildman–Crippen MR) is 220 cm³/mol. The van der Waals surface area contributed by atoms with Gasteiger partial charge in [-0.25, -0.2) is 4.79 Å². The highest BCUT2D eigenvalue weighted by atomic mass is 16.6. The highest BCUT2D eigenvalue weighted by Gasteiger charge is 2.43. The molecule has 0 aromatic heterocycles. The van der Waals surface area contributed by atoms with Crippen LogP contribution in [-0.2, 0) is 33.4 Å². The first-order chi connectivity index (χ1) is 26.9. The molecule has 1 aliphatic heterocycles. The maximum absolute atomic E-state index is 14.4. The van der Waals surface area contributed by atoms with Crippen LogP contribution in [0.15, 0.2) is 30.3 Å². The lowest BCUT2D eigenvalue weighted by Crippen LogP contribution is -2.60. The highest BCUT2D eigenvalue weighted by molar-refractivity contribution is 5.91. The topological polar surface area (TPSA) is 167 Å². The molecule has 0 bridgehead atoms. The van der Waals surface area contributed by atoms with E-state index in [4.69, 9.17) is 14.2 Å². The van der Waals surface area contributed by atoms with E-state index in [9.17, 15) is 29.1 Å². The molecule has 1 fully saturated rings. The molecule has 0 radical (unpaired) electrons. The van der Waals surface area contributed by atoms with E-state index in [2.05, 4.69) is 10.6 Å². The molecule has 3 N–H and O–H groups in total. The van der Waals surface area contributed by atoms with Crippen molar-refractivity contribution >= 4 is 29.7 Å². The Hall–Kier alpha value is -3.75. The number of rotatable bonds is 22. The van der Waals surface area contributed by atoms with Gasteiger partial charge in [0, 0.05) is 34.9 Å². The molecule has 1 saturated heterocycles. The molecule has 1 aromatic rings. The summed E-state index contributed by atoms with van der Waals surface area (Å²) in [5.74, 6) is -2.52. The molecule has 0 unspecified atom stereocenters. The molecule has 0 saturated carbocycles. The van der Waals surface area contributed by atoms with Crippen molar-refractivity contribution in [2.45, 2.75) is 143 Å². The minimum absolute atomic E-state index is 0.0181. The Labute approximate surface area is 341 Å². The van der Waals surface area contributed by atoms with Gasteiger partial charge in [-0.05, 0) is 49.5 Å². The third-order valence-corrected chi connectivity index (χ3v) is 11.5. The Kier molecular flexibility index (Phi) is 20.5. The van der Waals surface area contributed by atoms with Gasteiger partial charge in [0.15, 0.2) is 0 Å². The number of likely N-dealkylation sites (tertiary alicyclic amines) is 1. The lowest BCUT2D eigenvalue weighted by molar-refractivity contribution is -0.148. The van der Waals surface area contributed by atoms with Crippen LogP contribution in [0.5, 0.6) is 0 Å². The van der Waals surface area contributed by atoms with Crippen LogP contribution in [0.2, 0.25) is 0 Å². The molecule has 1 heterocycles. The van der Waals surface area contributed by atoms with Gasteiger partial charge in [-0.3, -0.25) is 24.1 Å². The number of likely N-dealkylation sites (N-methyl/N-ethyl adjacent to an activating group) is 2. The van der Waals surface area contributed by atoms with Gasteiger partial charge < -0.3 is 39.8 Å². The predicted octanol–water partition coefficient (Wildman–Crippen LogP) is 4.79. The average molecular weight is 804 g/mol. The first kappa shape index (κ1) is 49.4. The van der Waals surface area contributed by atoms with E-state index in [-0.39, 0.29) is 54.5 Å². The summed E-state index contributed by atoms with van der Waals surface area (Å²) in [5, 5.41) is 16.7. The number of benzene rings is 1. The fourth-order valence-electron chi connectivity index (χ4n) is 7.98. The lowest BCUT2D eigenvalue weighted by atomic mass is 9.89. The maximum Gasteiger partial charge on any atom is 0.410 e. The third-order valence-electron chi connectivity index (χ3n) is 11.5. The fourth-order valence-corrected chi connectivity index (χ4v) is 7.98. The fraction of sp³-hybridized carbons (Fsp3) is 0.744. The van der Waals surface area contributed by atoms with Crippen LogP contribution in [0, 0.1) is 23.7 Å². The number of hydrogen-bond donors (Lipinski definition) is 3. The second-order valence-electron chi connectivity index (χ2n) is 16.4. The number of carbonyl (C=O) groups is 5. The van der Waals surface area contributed by atoms with E-state index in [0.29, 0.717) is 31.4 Å². The molecule has 14 nitrogen and oxygen atoms in total. The van der Waals surface area contributed by atoms with Gasteiger partial charge >= 0.3 is 6.09 Å². The number of hydrogen-bond acceptors (Lipinski definition) is 9. The quantitative estimate of drug-likeness (QED) is 0.149.